The molecule has 2 aromatic heterocycles. The third-order valence-electron chi connectivity index (χ3n) is 6.10. The zero-order valence-electron chi connectivity index (χ0n) is 18.0. The van der Waals surface area contributed by atoms with Crippen LogP contribution in [0.25, 0.3) is 10.9 Å². The van der Waals surface area contributed by atoms with Gasteiger partial charge in [0.2, 0.25) is 0 Å². The van der Waals surface area contributed by atoms with Crippen molar-refractivity contribution in [3.63, 3.8) is 0 Å². The van der Waals surface area contributed by atoms with Crippen molar-refractivity contribution in [2.75, 3.05) is 33.3 Å². The summed E-state index contributed by atoms with van der Waals surface area (Å²) in [6.45, 7) is 7.71. The molecular weight excluding hydrogens is 460 g/mol. The Labute approximate surface area is 190 Å². The lowest BCUT2D eigenvalue weighted by Gasteiger charge is -2.37. The van der Waals surface area contributed by atoms with E-state index in [4.69, 9.17) is 4.74 Å². The number of methoxy groups -OCH3 is 1. The molecule has 1 saturated heterocycles. The van der Waals surface area contributed by atoms with Gasteiger partial charge < -0.3 is 14.8 Å². The number of carboxylic acid groups (broad SMARTS) is 1. The molecule has 1 aliphatic rings. The van der Waals surface area contributed by atoms with E-state index in [2.05, 4.69) is 35.7 Å². The van der Waals surface area contributed by atoms with E-state index in [1.165, 1.54) is 0 Å². The topological polar surface area (TPSA) is 81.7 Å². The lowest BCUT2D eigenvalue weighted by molar-refractivity contribution is -0.144. The third-order valence-corrected chi connectivity index (χ3v) is 6.59. The Hall–Kier alpha value is -2.42. The van der Waals surface area contributed by atoms with Crippen molar-refractivity contribution in [1.29, 1.82) is 0 Å². The Morgan fingerprint density at radius 3 is 2.71 bits per heavy atom. The summed E-state index contributed by atoms with van der Waals surface area (Å²) in [5.74, 6) is 0.0681. The van der Waals surface area contributed by atoms with E-state index in [9.17, 15) is 9.90 Å². The number of aryl methyl sites for hydroxylation is 1. The molecule has 31 heavy (non-hydrogen) atoms. The fraction of sp³-hybridized carbons (Fsp3) is 0.391. The minimum absolute atomic E-state index is 0.670. The molecule has 0 amide bonds. The zero-order chi connectivity index (χ0) is 22.1. The van der Waals surface area contributed by atoms with Gasteiger partial charge in [-0.1, -0.05) is 22.0 Å². The smallest absolute Gasteiger partial charge is 0.325 e. The van der Waals surface area contributed by atoms with Gasteiger partial charge in [-0.15, -0.1) is 0 Å². The maximum Gasteiger partial charge on any atom is 0.325 e. The van der Waals surface area contributed by atoms with Gasteiger partial charge in [-0.3, -0.25) is 19.6 Å². The maximum absolute atomic E-state index is 12.2. The van der Waals surface area contributed by atoms with Crippen LogP contribution in [0, 0.1) is 13.8 Å². The van der Waals surface area contributed by atoms with Gasteiger partial charge >= 0.3 is 5.97 Å². The number of carbonyl (C=O) groups is 1. The molecule has 0 aliphatic carbocycles. The van der Waals surface area contributed by atoms with E-state index >= 15 is 0 Å². The van der Waals surface area contributed by atoms with Crippen molar-refractivity contribution in [2.24, 2.45) is 0 Å². The average molecular weight is 487 g/mol. The number of piperazine rings is 1. The normalized spacial score (nSPS) is 16.5. The average Bonchev–Trinajstić information content (AvgIpc) is 3.14. The molecule has 4 rings (SSSR count). The van der Waals surface area contributed by atoms with Crippen LogP contribution in [0.1, 0.15) is 28.4 Å². The molecule has 1 atom stereocenters. The maximum atomic E-state index is 12.2. The molecule has 1 fully saturated rings. The summed E-state index contributed by atoms with van der Waals surface area (Å²) in [6.07, 6.45) is 3.68. The van der Waals surface area contributed by atoms with Crippen LogP contribution in [0.4, 0.5) is 0 Å². The molecule has 0 spiro atoms. The number of aromatic amines is 1. The summed E-state index contributed by atoms with van der Waals surface area (Å²) in [5.41, 5.74) is 4.85. The molecule has 1 aromatic carbocycles. The second-order valence-corrected chi connectivity index (χ2v) is 8.95. The number of nitrogens with one attached hydrogen (secondary N) is 1. The molecule has 7 nitrogen and oxygen atoms in total. The fourth-order valence-electron chi connectivity index (χ4n) is 4.45. The highest BCUT2D eigenvalue weighted by Gasteiger charge is 2.32. The second kappa shape index (κ2) is 8.98. The van der Waals surface area contributed by atoms with Crippen LogP contribution in [0.5, 0.6) is 5.75 Å². The minimum Gasteiger partial charge on any atom is -0.496 e. The van der Waals surface area contributed by atoms with Crippen molar-refractivity contribution >= 4 is 32.8 Å². The van der Waals surface area contributed by atoms with Crippen LogP contribution in [-0.2, 0) is 11.3 Å². The van der Waals surface area contributed by atoms with Crippen LogP contribution in [0.15, 0.2) is 35.1 Å². The molecule has 1 aliphatic heterocycles. The van der Waals surface area contributed by atoms with E-state index in [1.807, 2.05) is 44.4 Å². The number of hydrogen-bond acceptors (Lipinski definition) is 5. The van der Waals surface area contributed by atoms with Crippen molar-refractivity contribution in [2.45, 2.75) is 26.4 Å². The number of halogens is 1. The van der Waals surface area contributed by atoms with E-state index in [-0.39, 0.29) is 0 Å². The molecular formula is C23H27BrN4O3. The predicted octanol–water partition coefficient (Wildman–Crippen LogP) is 3.89. The molecule has 0 radical (unpaired) electrons. The molecule has 164 valence electrons. The summed E-state index contributed by atoms with van der Waals surface area (Å²) in [6, 6.07) is 5.22. The van der Waals surface area contributed by atoms with Crippen LogP contribution in [-0.4, -0.2) is 64.1 Å². The number of aliphatic carboxylic acids is 1. The highest BCUT2D eigenvalue weighted by molar-refractivity contribution is 9.10. The van der Waals surface area contributed by atoms with Crippen molar-refractivity contribution in [3.05, 3.63) is 57.4 Å². The Kier molecular flexibility index (Phi) is 6.31. The largest absolute Gasteiger partial charge is 0.496 e. The number of ether oxygens (including phenoxy) is 1. The number of aromatic nitrogens is 2. The lowest BCUT2D eigenvalue weighted by Crippen LogP contribution is -2.49. The molecule has 0 saturated carbocycles. The molecule has 3 aromatic rings. The van der Waals surface area contributed by atoms with Gasteiger partial charge in [-0.2, -0.15) is 0 Å². The van der Waals surface area contributed by atoms with Crippen molar-refractivity contribution in [1.82, 2.24) is 19.8 Å². The molecule has 0 unspecified atom stereocenters. The SMILES string of the molecule is COc1c(C)cnc(CN2CCN([C@@H](C(=O)O)c3c[nH]c4cc(Br)ccc34)CC2)c1C. The van der Waals surface area contributed by atoms with Crippen molar-refractivity contribution in [3.8, 4) is 5.75 Å². The van der Waals surface area contributed by atoms with Crippen LogP contribution in [0.2, 0.25) is 0 Å². The first-order valence-electron chi connectivity index (χ1n) is 10.3. The van der Waals surface area contributed by atoms with E-state index in [1.54, 1.807) is 7.11 Å². The van der Waals surface area contributed by atoms with Gasteiger partial charge in [-0.25, -0.2) is 0 Å². The number of carboxylic acids is 1. The quantitative estimate of drug-likeness (QED) is 0.549. The van der Waals surface area contributed by atoms with Crippen LogP contribution in [0.3, 0.4) is 0 Å². The number of benzene rings is 1. The number of pyridine rings is 1. The molecule has 3 heterocycles. The van der Waals surface area contributed by atoms with E-state index in [0.717, 1.165) is 63.1 Å². The first-order valence-corrected chi connectivity index (χ1v) is 11.1. The van der Waals surface area contributed by atoms with Gasteiger partial charge in [0.15, 0.2) is 0 Å². The Balaban J connectivity index is 1.48. The van der Waals surface area contributed by atoms with Gasteiger partial charge in [-0.05, 0) is 26.0 Å². The van der Waals surface area contributed by atoms with Gasteiger partial charge in [0.05, 0.1) is 12.8 Å². The Bertz CT molecular complexity index is 1110. The van der Waals surface area contributed by atoms with Crippen LogP contribution >= 0.6 is 15.9 Å². The fourth-order valence-corrected chi connectivity index (χ4v) is 4.82. The number of hydrogen-bond donors (Lipinski definition) is 2. The standard InChI is InChI=1S/C23H27BrN4O3/c1-14-11-25-20(15(2)22(14)31-3)13-27-6-8-28(9-7-27)21(23(29)30)18-12-26-19-10-16(24)4-5-17(18)19/h4-5,10-12,21,26H,6-9,13H2,1-3H3,(H,29,30)/t21-/m1/s1. The summed E-state index contributed by atoms with van der Waals surface area (Å²) in [5, 5.41) is 11.0. The van der Waals surface area contributed by atoms with Gasteiger partial charge in [0.1, 0.15) is 11.8 Å². The Morgan fingerprint density at radius 1 is 1.29 bits per heavy atom. The monoisotopic (exact) mass is 486 g/mol. The summed E-state index contributed by atoms with van der Waals surface area (Å²) < 4.78 is 6.49. The van der Waals surface area contributed by atoms with Gasteiger partial charge in [0, 0.05) is 77.2 Å². The van der Waals surface area contributed by atoms with E-state index < -0.39 is 12.0 Å². The zero-order valence-corrected chi connectivity index (χ0v) is 19.6. The number of fused-ring (bicyclic) bond motifs is 1. The Morgan fingerprint density at radius 2 is 2.03 bits per heavy atom. The summed E-state index contributed by atoms with van der Waals surface area (Å²) in [4.78, 5) is 24.4. The van der Waals surface area contributed by atoms with E-state index in [0.29, 0.717) is 13.1 Å². The summed E-state index contributed by atoms with van der Waals surface area (Å²) >= 11 is 3.47. The molecule has 0 bridgehead atoms. The van der Waals surface area contributed by atoms with Crippen molar-refractivity contribution < 1.29 is 14.6 Å². The first-order chi connectivity index (χ1) is 14.9. The lowest BCUT2D eigenvalue weighted by atomic mass is 10.0. The van der Waals surface area contributed by atoms with Crippen LogP contribution < -0.4 is 4.74 Å². The number of nitrogens with zero attached hydrogens (tertiary/aromatic N) is 3. The highest BCUT2D eigenvalue weighted by atomic mass is 79.9. The van der Waals surface area contributed by atoms with Gasteiger partial charge in [0.25, 0.3) is 0 Å². The molecule has 2 N–H and O–H groups in total. The number of rotatable bonds is 6. The molecule has 8 heteroatoms. The highest BCUT2D eigenvalue weighted by Crippen LogP contribution is 2.31. The summed E-state index contributed by atoms with van der Waals surface area (Å²) in [7, 11) is 1.69. The third kappa shape index (κ3) is 4.33. The second-order valence-electron chi connectivity index (χ2n) is 8.03. The number of H-pyrrole nitrogens is 1. The predicted molar refractivity (Wildman–Crippen MR) is 123 cm³/mol. The first kappa shape index (κ1) is 21.8. The minimum atomic E-state index is -0.821.